The highest BCUT2D eigenvalue weighted by molar-refractivity contribution is 5.99. The van der Waals surface area contributed by atoms with Crippen LogP contribution in [0.3, 0.4) is 0 Å². The van der Waals surface area contributed by atoms with E-state index in [9.17, 15) is 4.79 Å². The lowest BCUT2D eigenvalue weighted by molar-refractivity contribution is 0.0708. The Morgan fingerprint density at radius 3 is 3.05 bits per heavy atom. The molecule has 1 amide bonds. The first-order chi connectivity index (χ1) is 9.79. The van der Waals surface area contributed by atoms with Crippen molar-refractivity contribution in [3.8, 4) is 0 Å². The van der Waals surface area contributed by atoms with Crippen LogP contribution < -0.4 is 5.32 Å². The second kappa shape index (κ2) is 5.32. The number of aromatic nitrogens is 3. The lowest BCUT2D eigenvalue weighted by Gasteiger charge is -2.27. The minimum Gasteiger partial charge on any atom is -0.385 e. The second-order valence-corrected chi connectivity index (χ2v) is 4.74. The Morgan fingerprint density at radius 2 is 2.20 bits per heavy atom. The molecular weight excluding hydrogens is 254 g/mol. The molecule has 1 N–H and O–H groups in total. The molecule has 104 valence electrons. The predicted molar refractivity (Wildman–Crippen MR) is 75.4 cm³/mol. The van der Waals surface area contributed by atoms with Crippen LogP contribution in [0.5, 0.6) is 0 Å². The summed E-state index contributed by atoms with van der Waals surface area (Å²) < 4.78 is 1.99. The maximum absolute atomic E-state index is 12.7. The Labute approximate surface area is 117 Å². The van der Waals surface area contributed by atoms with Crippen LogP contribution >= 0.6 is 0 Å². The molecule has 0 atom stereocenters. The van der Waals surface area contributed by atoms with E-state index in [0.717, 1.165) is 24.6 Å². The molecule has 1 aromatic carbocycles. The molecule has 1 aromatic heterocycles. The van der Waals surface area contributed by atoms with Gasteiger partial charge in [-0.15, -0.1) is 10.2 Å². The maximum atomic E-state index is 12.7. The van der Waals surface area contributed by atoms with Crippen LogP contribution in [0.15, 0.2) is 30.6 Å². The fourth-order valence-corrected chi connectivity index (χ4v) is 2.42. The van der Waals surface area contributed by atoms with E-state index in [1.165, 1.54) is 0 Å². The second-order valence-electron chi connectivity index (χ2n) is 4.74. The molecule has 0 saturated heterocycles. The van der Waals surface area contributed by atoms with Crippen molar-refractivity contribution in [2.75, 3.05) is 18.4 Å². The highest BCUT2D eigenvalue weighted by Gasteiger charge is 2.24. The van der Waals surface area contributed by atoms with Gasteiger partial charge in [-0.05, 0) is 19.1 Å². The van der Waals surface area contributed by atoms with Crippen LogP contribution in [0, 0.1) is 0 Å². The summed E-state index contributed by atoms with van der Waals surface area (Å²) >= 11 is 0. The average Bonchev–Trinajstić information content (AvgIpc) is 2.95. The molecule has 2 heterocycles. The van der Waals surface area contributed by atoms with Gasteiger partial charge in [0.2, 0.25) is 0 Å². The van der Waals surface area contributed by atoms with Crippen molar-refractivity contribution < 1.29 is 4.79 Å². The van der Waals surface area contributed by atoms with Crippen LogP contribution in [0.25, 0.3) is 0 Å². The number of hydrogen-bond donors (Lipinski definition) is 1. The molecule has 1 aliphatic rings. The molecule has 0 fully saturated rings. The summed E-state index contributed by atoms with van der Waals surface area (Å²) in [5, 5.41) is 11.2. The van der Waals surface area contributed by atoms with Crippen LogP contribution in [0.4, 0.5) is 5.69 Å². The van der Waals surface area contributed by atoms with Crippen LogP contribution in [-0.4, -0.2) is 38.7 Å². The van der Waals surface area contributed by atoms with Crippen molar-refractivity contribution in [3.63, 3.8) is 0 Å². The average molecular weight is 271 g/mol. The minimum atomic E-state index is 0.0378. The molecule has 6 nitrogen and oxygen atoms in total. The number of anilines is 1. The molecule has 0 unspecified atom stereocenters. The Hall–Kier alpha value is -2.37. The molecule has 0 aliphatic carbocycles. The van der Waals surface area contributed by atoms with Crippen LogP contribution in [0.2, 0.25) is 0 Å². The van der Waals surface area contributed by atoms with E-state index in [1.807, 2.05) is 40.7 Å². The van der Waals surface area contributed by atoms with E-state index in [0.29, 0.717) is 18.7 Å². The van der Waals surface area contributed by atoms with E-state index in [-0.39, 0.29) is 5.91 Å². The number of nitrogens with one attached hydrogen (secondary N) is 1. The number of fused-ring (bicyclic) bond motifs is 1. The lowest BCUT2D eigenvalue weighted by atomic mass is 10.1. The van der Waals surface area contributed by atoms with E-state index in [4.69, 9.17) is 0 Å². The summed E-state index contributed by atoms with van der Waals surface area (Å²) in [7, 11) is 0. The van der Waals surface area contributed by atoms with Crippen molar-refractivity contribution >= 4 is 11.6 Å². The topological polar surface area (TPSA) is 63.1 Å². The number of amides is 1. The lowest BCUT2D eigenvalue weighted by Crippen LogP contribution is -2.38. The molecule has 0 radical (unpaired) electrons. The van der Waals surface area contributed by atoms with E-state index >= 15 is 0 Å². The third-order valence-electron chi connectivity index (χ3n) is 3.45. The third kappa shape index (κ3) is 2.24. The minimum absolute atomic E-state index is 0.0378. The zero-order valence-electron chi connectivity index (χ0n) is 11.4. The SMILES string of the molecule is CCNc1ccccc1C(=O)N1CCn2cnnc2C1. The molecule has 0 saturated carbocycles. The predicted octanol–water partition coefficient (Wildman–Crippen LogP) is 1.37. The van der Waals surface area contributed by atoms with E-state index < -0.39 is 0 Å². The van der Waals surface area contributed by atoms with E-state index in [2.05, 4.69) is 15.5 Å². The Morgan fingerprint density at radius 1 is 1.35 bits per heavy atom. The van der Waals surface area contributed by atoms with Crippen molar-refractivity contribution in [1.29, 1.82) is 0 Å². The molecule has 0 spiro atoms. The van der Waals surface area contributed by atoms with Gasteiger partial charge in [-0.3, -0.25) is 4.79 Å². The number of nitrogens with zero attached hydrogens (tertiary/aromatic N) is 4. The summed E-state index contributed by atoms with van der Waals surface area (Å²) in [6.07, 6.45) is 1.71. The number of carbonyl (C=O) groups excluding carboxylic acids is 1. The van der Waals surface area contributed by atoms with Crippen molar-refractivity contribution in [2.24, 2.45) is 0 Å². The third-order valence-corrected chi connectivity index (χ3v) is 3.45. The van der Waals surface area contributed by atoms with Gasteiger partial charge in [-0.2, -0.15) is 0 Å². The first-order valence-electron chi connectivity index (χ1n) is 6.78. The first kappa shape index (κ1) is 12.7. The summed E-state index contributed by atoms with van der Waals surface area (Å²) in [5.41, 5.74) is 1.59. The smallest absolute Gasteiger partial charge is 0.256 e. The fraction of sp³-hybridized carbons (Fsp3) is 0.357. The molecule has 6 heteroatoms. The van der Waals surface area contributed by atoms with Gasteiger partial charge in [0.05, 0.1) is 12.1 Å². The van der Waals surface area contributed by atoms with Gasteiger partial charge in [0.1, 0.15) is 6.33 Å². The van der Waals surface area contributed by atoms with Gasteiger partial charge in [0.15, 0.2) is 5.82 Å². The van der Waals surface area contributed by atoms with Crippen LogP contribution in [0.1, 0.15) is 23.1 Å². The van der Waals surface area contributed by atoms with Crippen molar-refractivity contribution in [2.45, 2.75) is 20.0 Å². The largest absolute Gasteiger partial charge is 0.385 e. The molecular formula is C14H17N5O. The highest BCUT2D eigenvalue weighted by atomic mass is 16.2. The van der Waals surface area contributed by atoms with Gasteiger partial charge >= 0.3 is 0 Å². The molecule has 1 aliphatic heterocycles. The Kier molecular flexibility index (Phi) is 3.37. The summed E-state index contributed by atoms with van der Waals surface area (Å²) in [6, 6.07) is 7.62. The summed E-state index contributed by atoms with van der Waals surface area (Å²) in [6.45, 7) is 4.75. The zero-order chi connectivity index (χ0) is 13.9. The molecule has 2 aromatic rings. The summed E-state index contributed by atoms with van der Waals surface area (Å²) in [4.78, 5) is 14.5. The number of hydrogen-bond acceptors (Lipinski definition) is 4. The quantitative estimate of drug-likeness (QED) is 0.915. The normalized spacial score (nSPS) is 13.9. The number of benzene rings is 1. The summed E-state index contributed by atoms with van der Waals surface area (Å²) in [5.74, 6) is 0.876. The maximum Gasteiger partial charge on any atom is 0.256 e. The van der Waals surface area contributed by atoms with Crippen molar-refractivity contribution in [3.05, 3.63) is 42.0 Å². The Balaban J connectivity index is 1.83. The number of carbonyl (C=O) groups is 1. The van der Waals surface area contributed by atoms with Gasteiger partial charge in [-0.25, -0.2) is 0 Å². The van der Waals surface area contributed by atoms with E-state index in [1.54, 1.807) is 6.33 Å². The molecule has 0 bridgehead atoms. The monoisotopic (exact) mass is 271 g/mol. The van der Waals surface area contributed by atoms with Crippen molar-refractivity contribution in [1.82, 2.24) is 19.7 Å². The first-order valence-corrected chi connectivity index (χ1v) is 6.78. The molecule has 3 rings (SSSR count). The van der Waals surface area contributed by atoms with Gasteiger partial charge in [0.25, 0.3) is 5.91 Å². The van der Waals surface area contributed by atoms with Gasteiger partial charge < -0.3 is 14.8 Å². The van der Waals surface area contributed by atoms with Crippen LogP contribution in [-0.2, 0) is 13.1 Å². The fourth-order valence-electron chi connectivity index (χ4n) is 2.42. The highest BCUT2D eigenvalue weighted by Crippen LogP contribution is 2.19. The van der Waals surface area contributed by atoms with Gasteiger partial charge in [-0.1, -0.05) is 12.1 Å². The number of para-hydroxylation sites is 1. The Bertz CT molecular complexity index is 622. The molecule has 20 heavy (non-hydrogen) atoms. The van der Waals surface area contributed by atoms with Gasteiger partial charge in [0, 0.05) is 25.3 Å². The standard InChI is InChI=1S/C14H17N5O/c1-2-15-12-6-4-3-5-11(12)14(20)18-7-8-19-10-16-17-13(19)9-18/h3-6,10,15H,2,7-9H2,1H3. The zero-order valence-corrected chi connectivity index (χ0v) is 11.4. The number of rotatable bonds is 3.